The fourth-order valence-corrected chi connectivity index (χ4v) is 2.32. The van der Waals surface area contributed by atoms with Gasteiger partial charge in [0.1, 0.15) is 5.75 Å². The minimum Gasteiger partial charge on any atom is -0.508 e. The van der Waals surface area contributed by atoms with Gasteiger partial charge in [-0.15, -0.1) is 0 Å². The van der Waals surface area contributed by atoms with Gasteiger partial charge in [-0.05, 0) is 18.2 Å². The van der Waals surface area contributed by atoms with Gasteiger partial charge in [-0.1, -0.05) is 11.3 Å². The van der Waals surface area contributed by atoms with Gasteiger partial charge in [0, 0.05) is 15.6 Å². The maximum atomic E-state index is 9.54. The van der Waals surface area contributed by atoms with E-state index in [4.69, 9.17) is 5.26 Å². The van der Waals surface area contributed by atoms with Gasteiger partial charge in [-0.25, -0.2) is 0 Å². The first kappa shape index (κ1) is 8.85. The van der Waals surface area contributed by atoms with Crippen LogP contribution in [0.25, 0.3) is 10.1 Å². The summed E-state index contributed by atoms with van der Waals surface area (Å²) in [6.45, 7) is 0. The van der Waals surface area contributed by atoms with Crippen LogP contribution in [-0.4, -0.2) is 10.2 Å². The molecule has 0 bridgehead atoms. The van der Waals surface area contributed by atoms with Crippen molar-refractivity contribution in [2.45, 2.75) is 6.42 Å². The Labute approximate surface area is 84.5 Å². The summed E-state index contributed by atoms with van der Waals surface area (Å²) in [6, 6.07) is 6.85. The standard InChI is InChI=1S/C10H7NO2S/c11-4-3-7-8-5-6(12)1-2-9(8)14-10(7)13/h1-2,5,12-13H,3H2. The molecule has 14 heavy (non-hydrogen) atoms. The summed E-state index contributed by atoms with van der Waals surface area (Å²) in [5.74, 6) is 0.148. The lowest BCUT2D eigenvalue weighted by molar-refractivity contribution is 0.476. The van der Waals surface area contributed by atoms with Crippen LogP contribution in [0.1, 0.15) is 5.56 Å². The smallest absolute Gasteiger partial charge is 0.176 e. The number of hydrogen-bond acceptors (Lipinski definition) is 4. The van der Waals surface area contributed by atoms with Crippen molar-refractivity contribution in [2.75, 3.05) is 0 Å². The van der Waals surface area contributed by atoms with E-state index >= 15 is 0 Å². The minimum absolute atomic E-state index is 0.148. The fourth-order valence-electron chi connectivity index (χ4n) is 1.37. The number of thiophene rings is 1. The van der Waals surface area contributed by atoms with Crippen molar-refractivity contribution in [3.8, 4) is 16.9 Å². The maximum absolute atomic E-state index is 9.54. The zero-order chi connectivity index (χ0) is 10.1. The summed E-state index contributed by atoms with van der Waals surface area (Å²) < 4.78 is 0.880. The average molecular weight is 205 g/mol. The molecule has 0 spiro atoms. The van der Waals surface area contributed by atoms with Crippen molar-refractivity contribution in [1.29, 1.82) is 5.26 Å². The molecule has 2 N–H and O–H groups in total. The van der Waals surface area contributed by atoms with E-state index in [0.29, 0.717) is 5.56 Å². The molecule has 3 nitrogen and oxygen atoms in total. The SMILES string of the molecule is N#CCc1c(O)sc2ccc(O)cc12. The number of aromatic hydroxyl groups is 2. The van der Waals surface area contributed by atoms with Crippen LogP contribution in [0.15, 0.2) is 18.2 Å². The first-order valence-electron chi connectivity index (χ1n) is 4.02. The Morgan fingerprint density at radius 3 is 2.86 bits per heavy atom. The highest BCUT2D eigenvalue weighted by Crippen LogP contribution is 2.38. The first-order chi connectivity index (χ1) is 6.72. The molecule has 0 aliphatic carbocycles. The topological polar surface area (TPSA) is 64.2 Å². The Kier molecular flexibility index (Phi) is 2.02. The molecule has 1 heterocycles. The van der Waals surface area contributed by atoms with Crippen LogP contribution in [0.3, 0.4) is 0 Å². The van der Waals surface area contributed by atoms with E-state index in [-0.39, 0.29) is 17.2 Å². The number of benzene rings is 1. The lowest BCUT2D eigenvalue weighted by Crippen LogP contribution is -1.78. The fraction of sp³-hybridized carbons (Fsp3) is 0.100. The normalized spacial score (nSPS) is 10.2. The molecule has 0 saturated heterocycles. The summed E-state index contributed by atoms with van der Waals surface area (Å²) in [6.07, 6.45) is 0.162. The quantitative estimate of drug-likeness (QED) is 0.751. The van der Waals surface area contributed by atoms with Crippen LogP contribution in [0.2, 0.25) is 0 Å². The van der Waals surface area contributed by atoms with Crippen molar-refractivity contribution < 1.29 is 10.2 Å². The van der Waals surface area contributed by atoms with Gasteiger partial charge in [0.05, 0.1) is 12.5 Å². The van der Waals surface area contributed by atoms with Gasteiger partial charge < -0.3 is 10.2 Å². The number of phenols is 1. The summed E-state index contributed by atoms with van der Waals surface area (Å²) >= 11 is 1.22. The van der Waals surface area contributed by atoms with Crippen molar-refractivity contribution in [2.24, 2.45) is 0 Å². The monoisotopic (exact) mass is 205 g/mol. The van der Waals surface area contributed by atoms with Gasteiger partial charge in [-0.2, -0.15) is 5.26 Å². The predicted octanol–water partition coefficient (Wildman–Crippen LogP) is 2.38. The van der Waals surface area contributed by atoms with Crippen molar-refractivity contribution in [1.82, 2.24) is 0 Å². The van der Waals surface area contributed by atoms with E-state index in [2.05, 4.69) is 0 Å². The third kappa shape index (κ3) is 1.28. The number of hydrogen-bond donors (Lipinski definition) is 2. The molecular formula is C10H7NO2S. The second-order valence-electron chi connectivity index (χ2n) is 2.90. The van der Waals surface area contributed by atoms with E-state index in [0.717, 1.165) is 10.1 Å². The highest BCUT2D eigenvalue weighted by atomic mass is 32.1. The van der Waals surface area contributed by atoms with Crippen LogP contribution >= 0.6 is 11.3 Å². The summed E-state index contributed by atoms with van der Waals surface area (Å²) in [5, 5.41) is 28.3. The molecule has 1 aromatic heterocycles. The first-order valence-corrected chi connectivity index (χ1v) is 4.84. The molecule has 0 atom stereocenters. The molecular weight excluding hydrogens is 198 g/mol. The van der Waals surface area contributed by atoms with E-state index < -0.39 is 0 Å². The maximum Gasteiger partial charge on any atom is 0.176 e. The summed E-state index contributed by atoms with van der Waals surface area (Å²) in [5.41, 5.74) is 0.600. The van der Waals surface area contributed by atoms with Crippen molar-refractivity contribution in [3.05, 3.63) is 23.8 Å². The zero-order valence-electron chi connectivity index (χ0n) is 7.19. The molecule has 1 aromatic carbocycles. The van der Waals surface area contributed by atoms with Crippen LogP contribution in [0.4, 0.5) is 0 Å². The van der Waals surface area contributed by atoms with Gasteiger partial charge in [0.2, 0.25) is 0 Å². The van der Waals surface area contributed by atoms with Crippen molar-refractivity contribution in [3.63, 3.8) is 0 Å². The second-order valence-corrected chi connectivity index (χ2v) is 3.93. The highest BCUT2D eigenvalue weighted by Gasteiger charge is 2.11. The second kappa shape index (κ2) is 3.20. The van der Waals surface area contributed by atoms with Gasteiger partial charge in [0.25, 0.3) is 0 Å². The number of phenolic OH excluding ortho intramolecular Hbond substituents is 1. The van der Waals surface area contributed by atoms with Crippen LogP contribution < -0.4 is 0 Å². The van der Waals surface area contributed by atoms with E-state index in [1.807, 2.05) is 6.07 Å². The Hall–Kier alpha value is -1.73. The van der Waals surface area contributed by atoms with Crippen LogP contribution in [-0.2, 0) is 6.42 Å². The molecule has 0 radical (unpaired) electrons. The molecule has 2 aromatic rings. The molecule has 0 saturated carbocycles. The molecule has 70 valence electrons. The molecule has 0 amide bonds. The number of fused-ring (bicyclic) bond motifs is 1. The highest BCUT2D eigenvalue weighted by molar-refractivity contribution is 7.20. The van der Waals surface area contributed by atoms with Crippen molar-refractivity contribution >= 4 is 21.4 Å². The van der Waals surface area contributed by atoms with Gasteiger partial charge >= 0.3 is 0 Å². The molecule has 0 aliphatic heterocycles. The minimum atomic E-state index is 0.148. The lowest BCUT2D eigenvalue weighted by Gasteiger charge is -1.94. The summed E-state index contributed by atoms with van der Waals surface area (Å²) in [4.78, 5) is 0. The average Bonchev–Trinajstić information content (AvgIpc) is 2.45. The summed E-state index contributed by atoms with van der Waals surface area (Å²) in [7, 11) is 0. The molecule has 0 unspecified atom stereocenters. The van der Waals surface area contributed by atoms with E-state index in [9.17, 15) is 10.2 Å². The Balaban J connectivity index is 2.74. The Morgan fingerprint density at radius 2 is 2.14 bits per heavy atom. The largest absolute Gasteiger partial charge is 0.508 e. The lowest BCUT2D eigenvalue weighted by atomic mass is 10.1. The number of nitrogens with zero attached hydrogens (tertiary/aromatic N) is 1. The Bertz CT molecular complexity index is 525. The third-order valence-electron chi connectivity index (χ3n) is 2.01. The van der Waals surface area contributed by atoms with Crippen LogP contribution in [0.5, 0.6) is 10.8 Å². The Morgan fingerprint density at radius 1 is 1.36 bits per heavy atom. The molecule has 4 heteroatoms. The number of rotatable bonds is 1. The van der Waals surface area contributed by atoms with E-state index in [1.54, 1.807) is 18.2 Å². The van der Waals surface area contributed by atoms with Gasteiger partial charge in [-0.3, -0.25) is 0 Å². The zero-order valence-corrected chi connectivity index (χ0v) is 8.01. The predicted molar refractivity (Wildman–Crippen MR) is 54.5 cm³/mol. The van der Waals surface area contributed by atoms with Gasteiger partial charge in [0.15, 0.2) is 5.06 Å². The van der Waals surface area contributed by atoms with Crippen LogP contribution in [0, 0.1) is 11.3 Å². The molecule has 0 aliphatic rings. The third-order valence-corrected chi connectivity index (χ3v) is 3.02. The molecule has 0 fully saturated rings. The van der Waals surface area contributed by atoms with E-state index in [1.165, 1.54) is 11.3 Å². The molecule has 2 rings (SSSR count). The number of nitriles is 1.